The second-order valence-corrected chi connectivity index (χ2v) is 9.92. The molecule has 1 aromatic carbocycles. The van der Waals surface area contributed by atoms with Gasteiger partial charge in [-0.15, -0.1) is 11.6 Å². The summed E-state index contributed by atoms with van der Waals surface area (Å²) in [5, 5.41) is 2.25. The fraction of sp³-hybridized carbons (Fsp3) is 0.600. The molecule has 0 aliphatic heterocycles. The molecule has 0 saturated heterocycles. The van der Waals surface area contributed by atoms with Gasteiger partial charge in [0.1, 0.15) is 0 Å². The van der Waals surface area contributed by atoms with E-state index in [0.717, 1.165) is 50.3 Å². The molecule has 0 unspecified atom stereocenters. The monoisotopic (exact) mass is 449 g/mol. The molecule has 1 N–H and O–H groups in total. The van der Waals surface area contributed by atoms with E-state index in [4.69, 9.17) is 27.9 Å². The van der Waals surface area contributed by atoms with Crippen LogP contribution in [0.5, 0.6) is 0 Å². The minimum absolute atomic E-state index is 0.0390. The van der Waals surface area contributed by atoms with Crippen molar-refractivity contribution < 1.29 is 27.5 Å². The van der Waals surface area contributed by atoms with Crippen molar-refractivity contribution in [2.45, 2.75) is 49.6 Å². The summed E-state index contributed by atoms with van der Waals surface area (Å²) >= 11 is 12.6. The van der Waals surface area contributed by atoms with Crippen LogP contribution in [-0.2, 0) is 20.5 Å². The van der Waals surface area contributed by atoms with Gasteiger partial charge >= 0.3 is 12.1 Å². The highest BCUT2D eigenvalue weighted by molar-refractivity contribution is 6.33. The summed E-state index contributed by atoms with van der Waals surface area (Å²) in [5.41, 5.74) is -1.77. The quantitative estimate of drug-likeness (QED) is 0.493. The van der Waals surface area contributed by atoms with Gasteiger partial charge in [0.15, 0.2) is 6.61 Å². The van der Waals surface area contributed by atoms with Crippen molar-refractivity contribution in [1.29, 1.82) is 0 Å². The number of carbonyl (C=O) groups excluding carboxylic acids is 2. The number of halogens is 5. The second kappa shape index (κ2) is 7.05. The van der Waals surface area contributed by atoms with Crippen LogP contribution in [0.15, 0.2) is 18.2 Å². The summed E-state index contributed by atoms with van der Waals surface area (Å²) < 4.78 is 43.8. The van der Waals surface area contributed by atoms with Crippen LogP contribution in [-0.4, -0.2) is 23.4 Å². The molecule has 5 rings (SSSR count). The third-order valence-electron chi connectivity index (χ3n) is 6.32. The van der Waals surface area contributed by atoms with Crippen molar-refractivity contribution in [3.63, 3.8) is 0 Å². The highest BCUT2D eigenvalue weighted by atomic mass is 35.5. The van der Waals surface area contributed by atoms with Crippen molar-refractivity contribution in [3.05, 3.63) is 28.8 Å². The van der Waals surface area contributed by atoms with Gasteiger partial charge in [0.2, 0.25) is 0 Å². The first-order valence-corrected chi connectivity index (χ1v) is 10.3. The first-order chi connectivity index (χ1) is 13.5. The van der Waals surface area contributed by atoms with Crippen molar-refractivity contribution >= 4 is 40.8 Å². The number of anilines is 1. The van der Waals surface area contributed by atoms with Gasteiger partial charge in [-0.2, -0.15) is 13.2 Å². The normalized spacial score (nSPS) is 32.9. The Morgan fingerprint density at radius 1 is 1.17 bits per heavy atom. The van der Waals surface area contributed by atoms with E-state index in [9.17, 15) is 22.8 Å². The van der Waals surface area contributed by atoms with E-state index in [0.29, 0.717) is 18.3 Å². The van der Waals surface area contributed by atoms with Crippen LogP contribution in [0.1, 0.15) is 44.1 Å². The minimum Gasteiger partial charge on any atom is -0.455 e. The van der Waals surface area contributed by atoms with E-state index in [1.807, 2.05) is 0 Å². The maximum Gasteiger partial charge on any atom is 0.416 e. The Hall–Kier alpha value is -1.47. The molecule has 158 valence electrons. The summed E-state index contributed by atoms with van der Waals surface area (Å²) in [7, 11) is 0. The molecule has 29 heavy (non-hydrogen) atoms. The number of rotatable bonds is 4. The summed E-state index contributed by atoms with van der Waals surface area (Å²) in [5.74, 6) is -0.384. The largest absolute Gasteiger partial charge is 0.455 e. The molecule has 4 nitrogen and oxygen atoms in total. The Bertz CT molecular complexity index is 844. The van der Waals surface area contributed by atoms with E-state index in [2.05, 4.69) is 5.32 Å². The molecule has 1 amide bonds. The predicted molar refractivity (Wildman–Crippen MR) is 102 cm³/mol. The lowest BCUT2D eigenvalue weighted by atomic mass is 9.49. The lowest BCUT2D eigenvalue weighted by molar-refractivity contribution is -0.171. The number of alkyl halides is 4. The molecule has 4 aliphatic rings. The number of benzene rings is 1. The Morgan fingerprint density at radius 3 is 2.41 bits per heavy atom. The number of amides is 1. The van der Waals surface area contributed by atoms with Gasteiger partial charge in [-0.25, -0.2) is 0 Å². The molecule has 4 aliphatic carbocycles. The Kier molecular flexibility index (Phi) is 5.05. The van der Waals surface area contributed by atoms with Crippen LogP contribution in [0.4, 0.5) is 18.9 Å². The molecule has 2 atom stereocenters. The number of hydrogen-bond donors (Lipinski definition) is 1. The highest BCUT2D eigenvalue weighted by Crippen LogP contribution is 2.64. The van der Waals surface area contributed by atoms with Crippen molar-refractivity contribution in [3.8, 4) is 0 Å². The summed E-state index contributed by atoms with van der Waals surface area (Å²) in [6.45, 7) is -0.586. The molecule has 4 saturated carbocycles. The first kappa shape index (κ1) is 20.8. The fourth-order valence-electron chi connectivity index (χ4n) is 5.66. The molecule has 1 aromatic rings. The number of hydrogen-bond acceptors (Lipinski definition) is 3. The van der Waals surface area contributed by atoms with Gasteiger partial charge in [0.25, 0.3) is 5.91 Å². The molecule has 9 heteroatoms. The summed E-state index contributed by atoms with van der Waals surface area (Å²) in [6.07, 6.45) is 0.331. The van der Waals surface area contributed by atoms with Crippen LogP contribution in [0.2, 0.25) is 5.02 Å². The number of carbonyl (C=O) groups is 2. The van der Waals surface area contributed by atoms with Crippen molar-refractivity contribution in [2.75, 3.05) is 11.9 Å². The van der Waals surface area contributed by atoms with Gasteiger partial charge in [-0.3, -0.25) is 9.59 Å². The molecule has 4 bridgehead atoms. The van der Waals surface area contributed by atoms with Crippen molar-refractivity contribution in [1.82, 2.24) is 0 Å². The average molecular weight is 450 g/mol. The molecule has 0 radical (unpaired) electrons. The van der Waals surface area contributed by atoms with E-state index >= 15 is 0 Å². The highest BCUT2D eigenvalue weighted by Gasteiger charge is 2.60. The van der Waals surface area contributed by atoms with Gasteiger partial charge in [0, 0.05) is 4.87 Å². The van der Waals surface area contributed by atoms with Crippen molar-refractivity contribution in [2.24, 2.45) is 17.3 Å². The Labute approximate surface area is 176 Å². The zero-order valence-electron chi connectivity index (χ0n) is 15.5. The molecule has 0 aromatic heterocycles. The number of nitrogens with one attached hydrogen (secondary N) is 1. The Balaban J connectivity index is 1.39. The van der Waals surface area contributed by atoms with Gasteiger partial charge in [-0.1, -0.05) is 11.6 Å². The summed E-state index contributed by atoms with van der Waals surface area (Å²) in [4.78, 5) is 24.6. The van der Waals surface area contributed by atoms with Crippen LogP contribution in [0, 0.1) is 17.3 Å². The second-order valence-electron chi connectivity index (χ2n) is 8.71. The maximum absolute atomic E-state index is 12.8. The minimum atomic E-state index is -4.56. The smallest absolute Gasteiger partial charge is 0.416 e. The van der Waals surface area contributed by atoms with Crippen LogP contribution >= 0.6 is 23.2 Å². The van der Waals surface area contributed by atoms with Gasteiger partial charge in [0.05, 0.1) is 21.7 Å². The molecule has 0 heterocycles. The van der Waals surface area contributed by atoms with E-state index in [1.165, 1.54) is 0 Å². The van der Waals surface area contributed by atoms with E-state index < -0.39 is 35.6 Å². The standard InChI is InChI=1S/C20H20Cl2F3NO3/c21-14-2-1-13(20(23,24)25)4-15(14)26-16(27)9-29-17(28)18-5-11-3-12(6-18)8-19(22,7-11)10-18/h1-2,4,11-12H,3,5-10H2,(H,26,27)/t11-,12-,18?,19?/m1/s1. The Morgan fingerprint density at radius 2 is 1.83 bits per heavy atom. The molecular formula is C20H20Cl2F3NO3. The first-order valence-electron chi connectivity index (χ1n) is 9.51. The third-order valence-corrected chi connectivity index (χ3v) is 7.10. The number of esters is 1. The fourth-order valence-corrected chi connectivity index (χ4v) is 6.51. The van der Waals surface area contributed by atoms with Crippen LogP contribution < -0.4 is 5.32 Å². The lowest BCUT2D eigenvalue weighted by Gasteiger charge is -2.58. The SMILES string of the molecule is O=C(COC(=O)C12C[C@H]3C[C@@H](CC(Cl)(C3)C1)C2)Nc1cc(C(F)(F)F)ccc1Cl. The average Bonchev–Trinajstić information content (AvgIpc) is 2.58. The zero-order chi connectivity index (χ0) is 21.0. The molecule has 4 fully saturated rings. The topological polar surface area (TPSA) is 55.4 Å². The van der Waals surface area contributed by atoms with E-state index in [-0.39, 0.29) is 15.6 Å². The maximum atomic E-state index is 12.8. The number of ether oxygens (including phenoxy) is 1. The summed E-state index contributed by atoms with van der Waals surface area (Å²) in [6, 6.07) is 2.63. The zero-order valence-corrected chi connectivity index (χ0v) is 17.0. The molecular weight excluding hydrogens is 430 g/mol. The van der Waals surface area contributed by atoms with Gasteiger partial charge < -0.3 is 10.1 Å². The van der Waals surface area contributed by atoms with Crippen LogP contribution in [0.25, 0.3) is 0 Å². The predicted octanol–water partition coefficient (Wildman–Crippen LogP) is 5.42. The van der Waals surface area contributed by atoms with E-state index in [1.54, 1.807) is 0 Å². The van der Waals surface area contributed by atoms with Crippen LogP contribution in [0.3, 0.4) is 0 Å². The lowest BCUT2D eigenvalue weighted by Crippen LogP contribution is -2.56. The third kappa shape index (κ3) is 4.08. The van der Waals surface area contributed by atoms with Gasteiger partial charge in [-0.05, 0) is 68.6 Å². The molecule has 0 spiro atoms.